The van der Waals surface area contributed by atoms with Crippen molar-refractivity contribution in [2.45, 2.75) is 6.92 Å². The molecule has 0 aromatic heterocycles. The minimum atomic E-state index is -0.359. The number of carbonyl (C=O) groups is 1. The molecule has 0 spiro atoms. The zero-order valence-corrected chi connectivity index (χ0v) is 12.0. The van der Waals surface area contributed by atoms with Crippen molar-refractivity contribution < 1.29 is 19.7 Å². The number of nitrogens with one attached hydrogen (secondary N) is 1. The molecular weight excluding hydrogens is 284 g/mol. The van der Waals surface area contributed by atoms with Gasteiger partial charge >= 0.3 is 0 Å². The topological polar surface area (TPSA) is 91.2 Å². The van der Waals surface area contributed by atoms with Crippen LogP contribution in [0.3, 0.4) is 0 Å². The van der Waals surface area contributed by atoms with Crippen LogP contribution in [0.15, 0.2) is 47.6 Å². The maximum atomic E-state index is 11.9. The lowest BCUT2D eigenvalue weighted by atomic mass is 10.2. The molecule has 2 rings (SSSR count). The number of carbonyl (C=O) groups excluding carboxylic acids is 1. The van der Waals surface area contributed by atoms with Gasteiger partial charge in [-0.1, -0.05) is 0 Å². The first-order valence-electron chi connectivity index (χ1n) is 6.68. The van der Waals surface area contributed by atoms with E-state index in [0.29, 0.717) is 23.5 Å². The van der Waals surface area contributed by atoms with Crippen LogP contribution in [0.25, 0.3) is 0 Å². The Morgan fingerprint density at radius 2 is 1.91 bits per heavy atom. The summed E-state index contributed by atoms with van der Waals surface area (Å²) in [6, 6.07) is 10.9. The lowest BCUT2D eigenvalue weighted by Crippen LogP contribution is -2.17. The Balaban J connectivity index is 1.96. The van der Waals surface area contributed by atoms with Crippen molar-refractivity contribution in [2.75, 3.05) is 6.61 Å². The second-order valence-corrected chi connectivity index (χ2v) is 4.40. The second kappa shape index (κ2) is 7.12. The third kappa shape index (κ3) is 3.99. The van der Waals surface area contributed by atoms with Gasteiger partial charge in [-0.25, -0.2) is 5.43 Å². The van der Waals surface area contributed by atoms with Crippen LogP contribution in [0, 0.1) is 0 Å². The van der Waals surface area contributed by atoms with Gasteiger partial charge in [0.1, 0.15) is 5.75 Å². The molecule has 0 aliphatic rings. The van der Waals surface area contributed by atoms with E-state index >= 15 is 0 Å². The van der Waals surface area contributed by atoms with Crippen molar-refractivity contribution in [1.82, 2.24) is 5.43 Å². The molecule has 2 aromatic rings. The summed E-state index contributed by atoms with van der Waals surface area (Å²) in [5.41, 5.74) is 3.38. The van der Waals surface area contributed by atoms with Crippen molar-refractivity contribution in [3.63, 3.8) is 0 Å². The smallest absolute Gasteiger partial charge is 0.271 e. The fraction of sp³-hybridized carbons (Fsp3) is 0.125. The Labute approximate surface area is 127 Å². The number of hydrogen-bond donors (Lipinski definition) is 3. The molecule has 0 fully saturated rings. The van der Waals surface area contributed by atoms with Gasteiger partial charge in [0.05, 0.1) is 12.8 Å². The predicted octanol–water partition coefficient (Wildman–Crippen LogP) is 2.26. The summed E-state index contributed by atoms with van der Waals surface area (Å²) in [6.45, 7) is 2.45. The highest BCUT2D eigenvalue weighted by atomic mass is 16.5. The van der Waals surface area contributed by atoms with E-state index in [9.17, 15) is 15.0 Å². The van der Waals surface area contributed by atoms with E-state index < -0.39 is 0 Å². The van der Waals surface area contributed by atoms with E-state index in [0.717, 1.165) is 0 Å². The summed E-state index contributed by atoms with van der Waals surface area (Å²) in [4.78, 5) is 11.9. The van der Waals surface area contributed by atoms with Gasteiger partial charge in [-0.3, -0.25) is 4.79 Å². The van der Waals surface area contributed by atoms with Crippen molar-refractivity contribution in [3.8, 4) is 17.2 Å². The molecule has 0 heterocycles. The number of nitrogens with zero attached hydrogens (tertiary/aromatic N) is 1. The minimum Gasteiger partial charge on any atom is -0.504 e. The molecule has 0 saturated heterocycles. The van der Waals surface area contributed by atoms with Crippen molar-refractivity contribution in [2.24, 2.45) is 5.10 Å². The fourth-order valence-corrected chi connectivity index (χ4v) is 1.72. The number of aromatic hydroxyl groups is 2. The van der Waals surface area contributed by atoms with E-state index in [1.807, 2.05) is 6.92 Å². The van der Waals surface area contributed by atoms with Gasteiger partial charge < -0.3 is 14.9 Å². The summed E-state index contributed by atoms with van der Waals surface area (Å²) in [7, 11) is 0. The summed E-state index contributed by atoms with van der Waals surface area (Å²) in [6.07, 6.45) is 1.37. The number of benzene rings is 2. The Kier molecular flexibility index (Phi) is 4.98. The molecule has 0 aliphatic heterocycles. The molecule has 3 N–H and O–H groups in total. The van der Waals surface area contributed by atoms with Crippen LogP contribution in [0.1, 0.15) is 22.8 Å². The molecule has 0 saturated carbocycles. The molecule has 6 nitrogen and oxygen atoms in total. The van der Waals surface area contributed by atoms with Gasteiger partial charge in [-0.2, -0.15) is 5.10 Å². The number of hydrogen-bond acceptors (Lipinski definition) is 5. The SMILES string of the molecule is CCOc1ccc(C(=O)N/N=C/c2ccc(O)c(O)c2)cc1. The van der Waals surface area contributed by atoms with Crippen molar-refractivity contribution in [1.29, 1.82) is 0 Å². The molecule has 22 heavy (non-hydrogen) atoms. The summed E-state index contributed by atoms with van der Waals surface area (Å²) in [5.74, 6) is -0.123. The van der Waals surface area contributed by atoms with Gasteiger partial charge in [-0.15, -0.1) is 0 Å². The number of phenolic OH excluding ortho intramolecular Hbond substituents is 2. The quantitative estimate of drug-likeness (QED) is 0.449. The molecule has 0 unspecified atom stereocenters. The molecule has 0 atom stereocenters. The fourth-order valence-electron chi connectivity index (χ4n) is 1.72. The van der Waals surface area contributed by atoms with Gasteiger partial charge in [0.2, 0.25) is 0 Å². The first-order chi connectivity index (χ1) is 10.6. The molecule has 1 amide bonds. The first-order valence-corrected chi connectivity index (χ1v) is 6.68. The number of ether oxygens (including phenoxy) is 1. The summed E-state index contributed by atoms with van der Waals surface area (Å²) >= 11 is 0. The third-order valence-electron chi connectivity index (χ3n) is 2.81. The highest BCUT2D eigenvalue weighted by molar-refractivity contribution is 5.95. The average molecular weight is 300 g/mol. The summed E-state index contributed by atoms with van der Waals surface area (Å²) < 4.78 is 5.29. The number of hydrazone groups is 1. The number of rotatable bonds is 5. The lowest BCUT2D eigenvalue weighted by Gasteiger charge is -2.04. The van der Waals surface area contributed by atoms with Crippen LogP contribution < -0.4 is 10.2 Å². The normalized spacial score (nSPS) is 10.6. The van der Waals surface area contributed by atoms with Gasteiger partial charge in [0, 0.05) is 5.56 Å². The van der Waals surface area contributed by atoms with E-state index in [2.05, 4.69) is 10.5 Å². The number of amides is 1. The third-order valence-corrected chi connectivity index (χ3v) is 2.81. The zero-order valence-electron chi connectivity index (χ0n) is 12.0. The highest BCUT2D eigenvalue weighted by Crippen LogP contribution is 2.23. The zero-order chi connectivity index (χ0) is 15.9. The van der Waals surface area contributed by atoms with Crippen LogP contribution >= 0.6 is 0 Å². The Morgan fingerprint density at radius 3 is 2.55 bits per heavy atom. The van der Waals surface area contributed by atoms with Crippen LogP contribution in [-0.4, -0.2) is 28.9 Å². The maximum absolute atomic E-state index is 11.9. The maximum Gasteiger partial charge on any atom is 0.271 e. The Morgan fingerprint density at radius 1 is 1.18 bits per heavy atom. The predicted molar refractivity (Wildman–Crippen MR) is 82.4 cm³/mol. The first kappa shape index (κ1) is 15.4. The van der Waals surface area contributed by atoms with Crippen LogP contribution in [-0.2, 0) is 0 Å². The second-order valence-electron chi connectivity index (χ2n) is 4.40. The lowest BCUT2D eigenvalue weighted by molar-refractivity contribution is 0.0955. The molecule has 0 aliphatic carbocycles. The Hall–Kier alpha value is -3.02. The molecule has 0 bridgehead atoms. The molecule has 2 aromatic carbocycles. The van der Waals surface area contributed by atoms with E-state index in [-0.39, 0.29) is 17.4 Å². The van der Waals surface area contributed by atoms with Gasteiger partial charge in [0.25, 0.3) is 5.91 Å². The molecule has 0 radical (unpaired) electrons. The number of phenols is 2. The van der Waals surface area contributed by atoms with Crippen LogP contribution in [0.2, 0.25) is 0 Å². The standard InChI is InChI=1S/C16H16N2O4/c1-2-22-13-6-4-12(5-7-13)16(21)18-17-10-11-3-8-14(19)15(20)9-11/h3-10,19-20H,2H2,1H3,(H,18,21)/b17-10+. The monoisotopic (exact) mass is 300 g/mol. The van der Waals surface area contributed by atoms with E-state index in [4.69, 9.17) is 4.74 Å². The van der Waals surface area contributed by atoms with Crippen LogP contribution in [0.5, 0.6) is 17.2 Å². The van der Waals surface area contributed by atoms with Gasteiger partial charge in [-0.05, 0) is 55.0 Å². The molecular formula is C16H16N2O4. The van der Waals surface area contributed by atoms with E-state index in [1.54, 1.807) is 30.3 Å². The van der Waals surface area contributed by atoms with Crippen molar-refractivity contribution >= 4 is 12.1 Å². The van der Waals surface area contributed by atoms with Crippen LogP contribution in [0.4, 0.5) is 0 Å². The average Bonchev–Trinajstić information content (AvgIpc) is 2.52. The minimum absolute atomic E-state index is 0.212. The Bertz CT molecular complexity index is 681. The summed E-state index contributed by atoms with van der Waals surface area (Å²) in [5, 5.41) is 22.3. The van der Waals surface area contributed by atoms with E-state index in [1.165, 1.54) is 18.3 Å². The molecule has 114 valence electrons. The molecule has 6 heteroatoms. The van der Waals surface area contributed by atoms with Crippen molar-refractivity contribution in [3.05, 3.63) is 53.6 Å². The largest absolute Gasteiger partial charge is 0.504 e. The van der Waals surface area contributed by atoms with Gasteiger partial charge in [0.15, 0.2) is 11.5 Å². The highest BCUT2D eigenvalue weighted by Gasteiger charge is 2.04.